The zero-order chi connectivity index (χ0) is 10.1. The Hall–Kier alpha value is -1.16. The third-order valence-corrected chi connectivity index (χ3v) is 2.50. The summed E-state index contributed by atoms with van der Waals surface area (Å²) in [5.74, 6) is 1.78. The first-order valence-corrected chi connectivity index (χ1v) is 4.86. The molecule has 2 rings (SSSR count). The Morgan fingerprint density at radius 3 is 2.86 bits per heavy atom. The summed E-state index contributed by atoms with van der Waals surface area (Å²) in [6.07, 6.45) is 1.17. The molecule has 14 heavy (non-hydrogen) atoms. The van der Waals surface area contributed by atoms with Crippen molar-refractivity contribution in [2.75, 3.05) is 6.54 Å². The minimum Gasteiger partial charge on any atom is -0.446 e. The van der Waals surface area contributed by atoms with Gasteiger partial charge in [-0.3, -0.25) is 4.79 Å². The molecule has 0 radical (unpaired) electrons. The zero-order valence-electron chi connectivity index (χ0n) is 8.46. The van der Waals surface area contributed by atoms with Gasteiger partial charge in [0.1, 0.15) is 11.5 Å². The lowest BCUT2D eigenvalue weighted by atomic mass is 10.0. The molecule has 1 aliphatic heterocycles. The quantitative estimate of drug-likeness (QED) is 0.731. The first-order valence-electron chi connectivity index (χ1n) is 4.86. The highest BCUT2D eigenvalue weighted by Gasteiger charge is 2.24. The molecule has 1 aromatic rings. The van der Waals surface area contributed by atoms with Gasteiger partial charge in [0.15, 0.2) is 5.89 Å². The highest BCUT2D eigenvalue weighted by Crippen LogP contribution is 2.23. The number of nitrogens with zero attached hydrogens (tertiary/aromatic N) is 1. The molecule has 1 saturated heterocycles. The number of hydrogen-bond donors (Lipinski definition) is 1. The van der Waals surface area contributed by atoms with Crippen LogP contribution < -0.4 is 5.32 Å². The topological polar surface area (TPSA) is 55.1 Å². The number of aromatic nitrogens is 1. The molecule has 1 aliphatic rings. The van der Waals surface area contributed by atoms with Gasteiger partial charge in [-0.25, -0.2) is 4.98 Å². The normalized spacial score (nSPS) is 22.7. The summed E-state index contributed by atoms with van der Waals surface area (Å²) in [5, 5.41) is 3.28. The molecule has 4 heteroatoms. The molecular weight excluding hydrogens is 180 g/mol. The Bertz CT molecular complexity index is 357. The first kappa shape index (κ1) is 9.40. The van der Waals surface area contributed by atoms with E-state index in [1.54, 1.807) is 0 Å². The molecule has 4 nitrogen and oxygen atoms in total. The van der Waals surface area contributed by atoms with Crippen molar-refractivity contribution in [2.24, 2.45) is 0 Å². The average molecular weight is 194 g/mol. The molecule has 0 aromatic carbocycles. The Morgan fingerprint density at radius 1 is 1.50 bits per heavy atom. The maximum absolute atomic E-state index is 11.3. The highest BCUT2D eigenvalue weighted by atomic mass is 16.4. The van der Waals surface area contributed by atoms with Crippen molar-refractivity contribution in [3.8, 4) is 0 Å². The van der Waals surface area contributed by atoms with E-state index in [-0.39, 0.29) is 6.04 Å². The summed E-state index contributed by atoms with van der Waals surface area (Å²) >= 11 is 0. The minimum absolute atomic E-state index is 0.0497. The molecule has 1 aromatic heterocycles. The van der Waals surface area contributed by atoms with Crippen molar-refractivity contribution in [1.82, 2.24) is 10.3 Å². The van der Waals surface area contributed by atoms with Crippen LogP contribution in [0.1, 0.15) is 36.2 Å². The van der Waals surface area contributed by atoms with Crippen LogP contribution in [0, 0.1) is 13.8 Å². The second-order valence-electron chi connectivity index (χ2n) is 3.67. The van der Waals surface area contributed by atoms with Crippen molar-refractivity contribution < 1.29 is 9.21 Å². The number of Topliss-reactive ketones (excluding diaryl/α,β-unsaturated/α-hetero) is 1. The number of rotatable bonds is 1. The number of ketones is 1. The predicted molar refractivity (Wildman–Crippen MR) is 51.0 cm³/mol. The van der Waals surface area contributed by atoms with Crippen LogP contribution in [-0.4, -0.2) is 17.3 Å². The summed E-state index contributed by atoms with van der Waals surface area (Å²) < 4.78 is 5.34. The molecule has 2 heterocycles. The third kappa shape index (κ3) is 1.70. The predicted octanol–water partition coefficient (Wildman–Crippen LogP) is 1.29. The van der Waals surface area contributed by atoms with E-state index < -0.39 is 0 Å². The Kier molecular flexibility index (Phi) is 2.37. The largest absolute Gasteiger partial charge is 0.446 e. The van der Waals surface area contributed by atoms with Crippen molar-refractivity contribution >= 4 is 5.78 Å². The molecule has 1 atom stereocenters. The molecule has 0 saturated carbocycles. The molecule has 1 fully saturated rings. The van der Waals surface area contributed by atoms with Crippen LogP contribution in [0.5, 0.6) is 0 Å². The molecule has 0 bridgehead atoms. The maximum Gasteiger partial charge on any atom is 0.191 e. The van der Waals surface area contributed by atoms with Crippen molar-refractivity contribution in [1.29, 1.82) is 0 Å². The monoisotopic (exact) mass is 194 g/mol. The van der Waals surface area contributed by atoms with Crippen molar-refractivity contribution in [3.63, 3.8) is 0 Å². The first-order chi connectivity index (χ1) is 6.66. The second kappa shape index (κ2) is 3.53. The molecule has 0 spiro atoms. The fourth-order valence-corrected chi connectivity index (χ4v) is 1.85. The van der Waals surface area contributed by atoms with Gasteiger partial charge in [0.2, 0.25) is 0 Å². The summed E-state index contributed by atoms with van der Waals surface area (Å²) in [6, 6.07) is 0.0497. The standard InChI is InChI=1S/C10H14N2O2/c1-6-10(12-7(2)14-6)9-5-8(13)3-4-11-9/h9,11H,3-5H2,1-2H3. The van der Waals surface area contributed by atoms with E-state index in [0.717, 1.165) is 18.0 Å². The lowest BCUT2D eigenvalue weighted by Crippen LogP contribution is -2.32. The minimum atomic E-state index is 0.0497. The number of hydrogen-bond acceptors (Lipinski definition) is 4. The Labute approximate surface area is 82.7 Å². The molecule has 76 valence electrons. The van der Waals surface area contributed by atoms with Gasteiger partial charge in [0.05, 0.1) is 11.7 Å². The van der Waals surface area contributed by atoms with Crippen LogP contribution in [0.25, 0.3) is 0 Å². The van der Waals surface area contributed by atoms with E-state index in [0.29, 0.717) is 24.5 Å². The second-order valence-corrected chi connectivity index (χ2v) is 3.67. The Morgan fingerprint density at radius 2 is 2.29 bits per heavy atom. The van der Waals surface area contributed by atoms with Gasteiger partial charge in [-0.15, -0.1) is 0 Å². The smallest absolute Gasteiger partial charge is 0.191 e. The Balaban J connectivity index is 2.21. The van der Waals surface area contributed by atoms with E-state index in [1.807, 2.05) is 13.8 Å². The van der Waals surface area contributed by atoms with Gasteiger partial charge < -0.3 is 9.73 Å². The molecule has 1 N–H and O–H groups in total. The number of piperidine rings is 1. The number of carbonyl (C=O) groups is 1. The van der Waals surface area contributed by atoms with Gasteiger partial charge in [0.25, 0.3) is 0 Å². The highest BCUT2D eigenvalue weighted by molar-refractivity contribution is 5.80. The summed E-state index contributed by atoms with van der Waals surface area (Å²) in [5.41, 5.74) is 0.885. The average Bonchev–Trinajstić information content (AvgIpc) is 2.45. The van der Waals surface area contributed by atoms with Gasteiger partial charge in [-0.1, -0.05) is 0 Å². The summed E-state index contributed by atoms with van der Waals surface area (Å²) in [4.78, 5) is 15.6. The van der Waals surface area contributed by atoms with Crippen LogP contribution in [0.15, 0.2) is 4.42 Å². The fraction of sp³-hybridized carbons (Fsp3) is 0.600. The fourth-order valence-electron chi connectivity index (χ4n) is 1.85. The molecule has 0 aliphatic carbocycles. The third-order valence-electron chi connectivity index (χ3n) is 2.50. The number of oxazole rings is 1. The SMILES string of the molecule is Cc1nc(C2CC(=O)CCN2)c(C)o1. The van der Waals surface area contributed by atoms with Crippen LogP contribution in [0.3, 0.4) is 0 Å². The van der Waals surface area contributed by atoms with Gasteiger partial charge >= 0.3 is 0 Å². The van der Waals surface area contributed by atoms with E-state index in [1.165, 1.54) is 0 Å². The van der Waals surface area contributed by atoms with E-state index in [9.17, 15) is 4.79 Å². The number of nitrogens with one attached hydrogen (secondary N) is 1. The van der Waals surface area contributed by atoms with Crippen LogP contribution in [-0.2, 0) is 4.79 Å². The summed E-state index contributed by atoms with van der Waals surface area (Å²) in [7, 11) is 0. The number of carbonyl (C=O) groups excluding carboxylic acids is 1. The van der Waals surface area contributed by atoms with Crippen LogP contribution >= 0.6 is 0 Å². The number of aryl methyl sites for hydroxylation is 2. The van der Waals surface area contributed by atoms with Gasteiger partial charge in [-0.2, -0.15) is 0 Å². The van der Waals surface area contributed by atoms with E-state index in [2.05, 4.69) is 10.3 Å². The molecule has 0 amide bonds. The lowest BCUT2D eigenvalue weighted by molar-refractivity contribution is -0.120. The molecule has 1 unspecified atom stereocenters. The van der Waals surface area contributed by atoms with Gasteiger partial charge in [-0.05, 0) is 6.92 Å². The van der Waals surface area contributed by atoms with Crippen molar-refractivity contribution in [3.05, 3.63) is 17.3 Å². The lowest BCUT2D eigenvalue weighted by Gasteiger charge is -2.20. The van der Waals surface area contributed by atoms with Gasteiger partial charge in [0, 0.05) is 26.3 Å². The maximum atomic E-state index is 11.3. The van der Waals surface area contributed by atoms with E-state index in [4.69, 9.17) is 4.42 Å². The van der Waals surface area contributed by atoms with E-state index >= 15 is 0 Å². The van der Waals surface area contributed by atoms with Crippen LogP contribution in [0.4, 0.5) is 0 Å². The zero-order valence-corrected chi connectivity index (χ0v) is 8.46. The molecular formula is C10H14N2O2. The van der Waals surface area contributed by atoms with Crippen molar-refractivity contribution in [2.45, 2.75) is 32.7 Å². The van der Waals surface area contributed by atoms with Crippen LogP contribution in [0.2, 0.25) is 0 Å². The summed E-state index contributed by atoms with van der Waals surface area (Å²) in [6.45, 7) is 4.45.